The molecule has 0 saturated carbocycles. The van der Waals surface area contributed by atoms with Crippen LogP contribution in [0.2, 0.25) is 0 Å². The van der Waals surface area contributed by atoms with Crippen molar-refractivity contribution in [3.05, 3.63) is 41.3 Å². The Bertz CT molecular complexity index is 660. The molecule has 1 N–H and O–H groups in total. The predicted molar refractivity (Wildman–Crippen MR) is 105 cm³/mol. The fraction of sp³-hybridized carbons (Fsp3) is 0.500. The molecular weight excluding hydrogens is 332 g/mol. The van der Waals surface area contributed by atoms with E-state index in [1.54, 1.807) is 4.90 Å². The van der Waals surface area contributed by atoms with Crippen LogP contribution in [-0.4, -0.2) is 34.6 Å². The highest BCUT2D eigenvalue weighted by Crippen LogP contribution is 2.29. The number of nitrogens with zero attached hydrogens (tertiary/aromatic N) is 1. The summed E-state index contributed by atoms with van der Waals surface area (Å²) in [5, 5.41) is 5.05. The van der Waals surface area contributed by atoms with Crippen LogP contribution in [0.4, 0.5) is 0 Å². The molecule has 5 heteroatoms. The van der Waals surface area contributed by atoms with E-state index >= 15 is 0 Å². The molecule has 136 valence electrons. The minimum atomic E-state index is -0.320. The van der Waals surface area contributed by atoms with Gasteiger partial charge in [-0.1, -0.05) is 51.1 Å². The number of rotatable bonds is 5. The fourth-order valence-corrected chi connectivity index (χ4v) is 4.21. The summed E-state index contributed by atoms with van der Waals surface area (Å²) in [5.41, 5.74) is 1.54. The molecule has 0 aromatic heterocycles. The molecule has 0 fully saturated rings. The monoisotopic (exact) mass is 360 g/mol. The summed E-state index contributed by atoms with van der Waals surface area (Å²) in [6.07, 6.45) is 0.858. The van der Waals surface area contributed by atoms with E-state index in [2.05, 4.69) is 26.1 Å². The van der Waals surface area contributed by atoms with Gasteiger partial charge in [-0.2, -0.15) is 0 Å². The van der Waals surface area contributed by atoms with Crippen molar-refractivity contribution in [3.63, 3.8) is 0 Å². The lowest BCUT2D eigenvalue weighted by molar-refractivity contribution is -0.131. The second kappa shape index (κ2) is 7.65. The third-order valence-electron chi connectivity index (χ3n) is 3.81. The summed E-state index contributed by atoms with van der Waals surface area (Å²) < 4.78 is 0. The highest BCUT2D eigenvalue weighted by atomic mass is 32.2. The average Bonchev–Trinajstić information content (AvgIpc) is 2.47. The lowest BCUT2D eigenvalue weighted by atomic mass is 9.82. The van der Waals surface area contributed by atoms with Gasteiger partial charge >= 0.3 is 0 Å². The van der Waals surface area contributed by atoms with Crippen LogP contribution in [-0.2, 0) is 9.59 Å². The molecule has 1 aromatic carbocycles. The van der Waals surface area contributed by atoms with E-state index in [1.807, 2.05) is 49.6 Å². The number of amides is 2. The van der Waals surface area contributed by atoms with Crippen molar-refractivity contribution in [3.8, 4) is 0 Å². The molecule has 1 heterocycles. The molecule has 0 unspecified atom stereocenters. The highest BCUT2D eigenvalue weighted by Gasteiger charge is 2.30. The molecule has 0 bridgehead atoms. The SMILES string of the molecule is CC(C)(C)CC(C)(C)NC(=O)CN1C(=O)CSC=C1c1ccccc1. The first-order chi connectivity index (χ1) is 11.6. The third-order valence-corrected chi connectivity index (χ3v) is 4.62. The van der Waals surface area contributed by atoms with E-state index < -0.39 is 0 Å². The number of thioether (sulfide) groups is 1. The van der Waals surface area contributed by atoms with Gasteiger partial charge in [-0.25, -0.2) is 0 Å². The Labute approximate surface area is 155 Å². The van der Waals surface area contributed by atoms with Crippen molar-refractivity contribution in [2.24, 2.45) is 5.41 Å². The van der Waals surface area contributed by atoms with E-state index in [4.69, 9.17) is 0 Å². The van der Waals surface area contributed by atoms with Gasteiger partial charge in [0, 0.05) is 5.54 Å². The maximum Gasteiger partial charge on any atom is 0.240 e. The van der Waals surface area contributed by atoms with Crippen molar-refractivity contribution in [2.75, 3.05) is 12.3 Å². The number of hydrogen-bond acceptors (Lipinski definition) is 3. The topological polar surface area (TPSA) is 49.4 Å². The van der Waals surface area contributed by atoms with Crippen LogP contribution >= 0.6 is 11.8 Å². The molecule has 1 aliphatic rings. The summed E-state index contributed by atoms with van der Waals surface area (Å²) in [4.78, 5) is 26.6. The maximum atomic E-state index is 12.6. The Balaban J connectivity index is 2.11. The Kier molecular flexibility index (Phi) is 5.99. The first-order valence-corrected chi connectivity index (χ1v) is 9.61. The van der Waals surface area contributed by atoms with Crippen molar-refractivity contribution >= 4 is 29.3 Å². The molecule has 2 rings (SSSR count). The van der Waals surface area contributed by atoms with Crippen LogP contribution in [0.5, 0.6) is 0 Å². The fourth-order valence-electron chi connectivity index (χ4n) is 3.40. The number of nitrogens with one attached hydrogen (secondary N) is 1. The quantitative estimate of drug-likeness (QED) is 0.866. The second-order valence-corrected chi connectivity index (χ2v) is 9.19. The smallest absolute Gasteiger partial charge is 0.240 e. The highest BCUT2D eigenvalue weighted by molar-refractivity contribution is 8.03. The van der Waals surface area contributed by atoms with Gasteiger partial charge in [0.2, 0.25) is 11.8 Å². The molecule has 4 nitrogen and oxygen atoms in total. The Morgan fingerprint density at radius 3 is 2.40 bits per heavy atom. The minimum absolute atomic E-state index is 0.0323. The van der Waals surface area contributed by atoms with Crippen LogP contribution in [0.15, 0.2) is 35.7 Å². The molecule has 25 heavy (non-hydrogen) atoms. The Morgan fingerprint density at radius 1 is 1.16 bits per heavy atom. The number of carbonyl (C=O) groups is 2. The van der Waals surface area contributed by atoms with E-state index in [9.17, 15) is 9.59 Å². The van der Waals surface area contributed by atoms with Crippen LogP contribution in [0.3, 0.4) is 0 Å². The first kappa shape index (κ1) is 19.6. The summed E-state index contributed by atoms with van der Waals surface area (Å²) in [6.45, 7) is 10.6. The van der Waals surface area contributed by atoms with Gasteiger partial charge in [0.05, 0.1) is 11.4 Å². The normalized spacial score (nSPS) is 15.8. The minimum Gasteiger partial charge on any atom is -0.350 e. The van der Waals surface area contributed by atoms with Crippen molar-refractivity contribution in [1.82, 2.24) is 10.2 Å². The molecule has 1 aliphatic heterocycles. The largest absolute Gasteiger partial charge is 0.350 e. The maximum absolute atomic E-state index is 12.6. The lowest BCUT2D eigenvalue weighted by Crippen LogP contribution is -2.50. The zero-order valence-electron chi connectivity index (χ0n) is 15.8. The molecule has 0 aliphatic carbocycles. The Morgan fingerprint density at radius 2 is 1.80 bits per heavy atom. The van der Waals surface area contributed by atoms with Crippen LogP contribution in [0, 0.1) is 5.41 Å². The van der Waals surface area contributed by atoms with Gasteiger partial charge in [0.15, 0.2) is 0 Å². The zero-order valence-corrected chi connectivity index (χ0v) is 16.6. The van der Waals surface area contributed by atoms with Crippen LogP contribution in [0.1, 0.15) is 46.6 Å². The molecular formula is C20H28N2O2S. The summed E-state index contributed by atoms with van der Waals surface area (Å²) in [7, 11) is 0. The summed E-state index contributed by atoms with van der Waals surface area (Å²) in [6, 6.07) is 9.72. The molecule has 0 radical (unpaired) electrons. The summed E-state index contributed by atoms with van der Waals surface area (Å²) >= 11 is 1.47. The molecule has 0 saturated heterocycles. The van der Waals surface area contributed by atoms with Gasteiger partial charge in [0.25, 0.3) is 0 Å². The number of carbonyl (C=O) groups excluding carboxylic acids is 2. The first-order valence-electron chi connectivity index (χ1n) is 8.56. The van der Waals surface area contributed by atoms with E-state index in [1.165, 1.54) is 11.8 Å². The third kappa shape index (κ3) is 5.92. The van der Waals surface area contributed by atoms with Crippen LogP contribution < -0.4 is 5.32 Å². The van der Waals surface area contributed by atoms with E-state index in [0.29, 0.717) is 5.75 Å². The predicted octanol–water partition coefficient (Wildman–Crippen LogP) is 3.89. The van der Waals surface area contributed by atoms with E-state index in [-0.39, 0.29) is 29.3 Å². The molecule has 0 atom stereocenters. The van der Waals surface area contributed by atoms with Gasteiger partial charge in [-0.3, -0.25) is 9.59 Å². The second-order valence-electron chi connectivity index (χ2n) is 8.33. The van der Waals surface area contributed by atoms with Gasteiger partial charge in [-0.05, 0) is 36.7 Å². The average molecular weight is 361 g/mol. The Hall–Kier alpha value is -1.75. The van der Waals surface area contributed by atoms with E-state index in [0.717, 1.165) is 17.7 Å². The van der Waals surface area contributed by atoms with Crippen molar-refractivity contribution < 1.29 is 9.59 Å². The van der Waals surface area contributed by atoms with Gasteiger partial charge < -0.3 is 10.2 Å². The standard InChI is InChI=1S/C20H28N2O2S/c1-19(2,3)14-20(4,5)21-17(23)11-22-16(12-25-13-18(22)24)15-9-7-6-8-10-15/h6-10,12H,11,13-14H2,1-5H3,(H,21,23). The zero-order chi connectivity index (χ0) is 18.7. The van der Waals surface area contributed by atoms with Crippen molar-refractivity contribution in [1.29, 1.82) is 0 Å². The molecule has 2 amide bonds. The molecule has 0 spiro atoms. The van der Waals surface area contributed by atoms with Crippen molar-refractivity contribution in [2.45, 2.75) is 46.6 Å². The number of hydrogen-bond donors (Lipinski definition) is 1. The lowest BCUT2D eigenvalue weighted by Gasteiger charge is -2.35. The number of benzene rings is 1. The van der Waals surface area contributed by atoms with Crippen LogP contribution in [0.25, 0.3) is 5.70 Å². The molecule has 1 aromatic rings. The summed E-state index contributed by atoms with van der Waals surface area (Å²) in [5.74, 6) is 0.209. The van der Waals surface area contributed by atoms with Gasteiger partial charge in [-0.15, -0.1) is 11.8 Å². The van der Waals surface area contributed by atoms with Gasteiger partial charge in [0.1, 0.15) is 6.54 Å².